The monoisotopic (exact) mass is 317 g/mol. The summed E-state index contributed by atoms with van der Waals surface area (Å²) in [6, 6.07) is 15.2. The van der Waals surface area contributed by atoms with E-state index >= 15 is 0 Å². The molecule has 0 aliphatic heterocycles. The van der Waals surface area contributed by atoms with Gasteiger partial charge >= 0.3 is 0 Å². The van der Waals surface area contributed by atoms with Gasteiger partial charge in [0.2, 0.25) is 5.78 Å². The third-order valence-corrected chi connectivity index (χ3v) is 3.98. The van der Waals surface area contributed by atoms with Gasteiger partial charge in [-0.15, -0.1) is 0 Å². The van der Waals surface area contributed by atoms with E-state index in [0.717, 1.165) is 16.3 Å². The highest BCUT2D eigenvalue weighted by Crippen LogP contribution is 2.27. The summed E-state index contributed by atoms with van der Waals surface area (Å²) in [6.07, 6.45) is 1.60. The zero-order valence-corrected chi connectivity index (χ0v) is 12.4. The summed E-state index contributed by atoms with van der Waals surface area (Å²) < 4.78 is 0. The van der Waals surface area contributed by atoms with Crippen LogP contribution in [0.3, 0.4) is 0 Å². The minimum atomic E-state index is -0.495. The first kappa shape index (κ1) is 14.1. The molecule has 2 aromatic heterocycles. The van der Waals surface area contributed by atoms with Crippen LogP contribution in [0.5, 0.6) is 0 Å². The number of pyridine rings is 1. The zero-order valence-electron chi connectivity index (χ0n) is 12.4. The average molecular weight is 317 g/mol. The van der Waals surface area contributed by atoms with Crippen molar-refractivity contribution in [2.24, 2.45) is 0 Å². The number of H-pyrrole nitrogens is 1. The number of fused-ring (bicyclic) bond motifs is 3. The number of benzene rings is 2. The van der Waals surface area contributed by atoms with Gasteiger partial charge in [-0.2, -0.15) is 0 Å². The fraction of sp³-hybridized carbons (Fsp3) is 0. The predicted molar refractivity (Wildman–Crippen MR) is 90.1 cm³/mol. The molecule has 0 saturated heterocycles. The number of ketones is 1. The van der Waals surface area contributed by atoms with Crippen LogP contribution in [0.15, 0.2) is 60.8 Å². The number of non-ortho nitro benzene ring substituents is 1. The number of nitro groups is 1. The quantitative estimate of drug-likeness (QED) is 0.353. The number of para-hydroxylation sites is 1. The van der Waals surface area contributed by atoms with Gasteiger partial charge in [0, 0.05) is 40.2 Å². The lowest BCUT2D eigenvalue weighted by Crippen LogP contribution is -2.05. The molecule has 2 heterocycles. The van der Waals surface area contributed by atoms with E-state index in [1.807, 2.05) is 30.3 Å². The highest BCUT2D eigenvalue weighted by atomic mass is 16.6. The van der Waals surface area contributed by atoms with Crippen LogP contribution in [0.25, 0.3) is 21.8 Å². The Kier molecular flexibility index (Phi) is 3.09. The van der Waals surface area contributed by atoms with E-state index in [0.29, 0.717) is 16.8 Å². The van der Waals surface area contributed by atoms with Gasteiger partial charge in [-0.3, -0.25) is 19.9 Å². The van der Waals surface area contributed by atoms with Crippen molar-refractivity contribution >= 4 is 33.3 Å². The van der Waals surface area contributed by atoms with Gasteiger partial charge < -0.3 is 4.98 Å². The molecule has 0 bridgehead atoms. The number of aromatic nitrogens is 2. The van der Waals surface area contributed by atoms with E-state index in [1.54, 1.807) is 6.20 Å². The maximum atomic E-state index is 12.8. The summed E-state index contributed by atoms with van der Waals surface area (Å²) in [5.74, 6) is -0.276. The van der Waals surface area contributed by atoms with Crippen molar-refractivity contribution in [1.29, 1.82) is 0 Å². The van der Waals surface area contributed by atoms with E-state index in [4.69, 9.17) is 0 Å². The number of rotatable bonds is 3. The van der Waals surface area contributed by atoms with E-state index in [2.05, 4.69) is 9.97 Å². The number of nitro benzene ring substituents is 1. The number of hydrogen-bond donors (Lipinski definition) is 1. The Morgan fingerprint density at radius 3 is 2.50 bits per heavy atom. The SMILES string of the molecule is O=C(c1ccc([N+](=O)[O-])cc1)c1nccc2c1[nH]c1ccccc12. The largest absolute Gasteiger partial charge is 0.353 e. The molecule has 0 saturated carbocycles. The van der Waals surface area contributed by atoms with Crippen LogP contribution in [0.4, 0.5) is 5.69 Å². The lowest BCUT2D eigenvalue weighted by atomic mass is 10.1. The van der Waals surface area contributed by atoms with Crippen molar-refractivity contribution in [3.63, 3.8) is 0 Å². The van der Waals surface area contributed by atoms with E-state index in [9.17, 15) is 14.9 Å². The molecule has 0 amide bonds. The van der Waals surface area contributed by atoms with E-state index in [1.165, 1.54) is 24.3 Å². The Morgan fingerprint density at radius 1 is 1.00 bits per heavy atom. The average Bonchev–Trinajstić information content (AvgIpc) is 3.00. The van der Waals surface area contributed by atoms with Gasteiger partial charge in [-0.25, -0.2) is 0 Å². The molecular weight excluding hydrogens is 306 g/mol. The van der Waals surface area contributed by atoms with Crippen molar-refractivity contribution in [2.45, 2.75) is 0 Å². The minimum Gasteiger partial charge on any atom is -0.353 e. The molecule has 6 heteroatoms. The highest BCUT2D eigenvalue weighted by Gasteiger charge is 2.17. The molecule has 6 nitrogen and oxygen atoms in total. The zero-order chi connectivity index (χ0) is 16.7. The first-order valence-electron chi connectivity index (χ1n) is 7.30. The van der Waals surface area contributed by atoms with Crippen molar-refractivity contribution < 1.29 is 9.72 Å². The van der Waals surface area contributed by atoms with Gasteiger partial charge in [0.05, 0.1) is 10.4 Å². The third kappa shape index (κ3) is 2.13. The summed E-state index contributed by atoms with van der Waals surface area (Å²) in [7, 11) is 0. The van der Waals surface area contributed by atoms with Crippen LogP contribution in [0.1, 0.15) is 16.1 Å². The van der Waals surface area contributed by atoms with Crippen LogP contribution in [-0.2, 0) is 0 Å². The number of aromatic amines is 1. The summed E-state index contributed by atoms with van der Waals surface area (Å²) in [6.45, 7) is 0. The molecule has 0 aliphatic carbocycles. The second-order valence-corrected chi connectivity index (χ2v) is 5.39. The van der Waals surface area contributed by atoms with Crippen molar-refractivity contribution in [3.8, 4) is 0 Å². The smallest absolute Gasteiger partial charge is 0.269 e. The third-order valence-electron chi connectivity index (χ3n) is 3.98. The Labute approximate surface area is 135 Å². The first-order valence-corrected chi connectivity index (χ1v) is 7.30. The maximum absolute atomic E-state index is 12.8. The molecule has 116 valence electrons. The van der Waals surface area contributed by atoms with E-state index in [-0.39, 0.29) is 11.5 Å². The minimum absolute atomic E-state index is 0.0525. The number of carbonyl (C=O) groups is 1. The van der Waals surface area contributed by atoms with E-state index < -0.39 is 4.92 Å². The molecule has 2 aromatic carbocycles. The topological polar surface area (TPSA) is 88.9 Å². The summed E-state index contributed by atoms with van der Waals surface area (Å²) in [4.78, 5) is 30.5. The second-order valence-electron chi connectivity index (χ2n) is 5.39. The van der Waals surface area contributed by atoms with Crippen molar-refractivity contribution in [3.05, 3.63) is 82.2 Å². The first-order chi connectivity index (χ1) is 11.6. The second kappa shape index (κ2) is 5.27. The molecule has 4 aromatic rings. The predicted octanol–water partition coefficient (Wildman–Crippen LogP) is 3.86. The number of carbonyl (C=O) groups excluding carboxylic acids is 1. The molecule has 0 atom stereocenters. The van der Waals surface area contributed by atoms with Gasteiger partial charge in [-0.1, -0.05) is 18.2 Å². The number of hydrogen-bond acceptors (Lipinski definition) is 4. The van der Waals surface area contributed by atoms with Gasteiger partial charge in [-0.05, 0) is 24.3 Å². The summed E-state index contributed by atoms with van der Waals surface area (Å²) in [5, 5.41) is 12.7. The van der Waals surface area contributed by atoms with Crippen LogP contribution < -0.4 is 0 Å². The molecule has 0 spiro atoms. The van der Waals surface area contributed by atoms with Crippen LogP contribution in [-0.4, -0.2) is 20.7 Å². The van der Waals surface area contributed by atoms with Crippen molar-refractivity contribution in [2.75, 3.05) is 0 Å². The Bertz CT molecular complexity index is 1100. The van der Waals surface area contributed by atoms with Gasteiger partial charge in [0.15, 0.2) is 0 Å². The molecule has 0 unspecified atom stereocenters. The fourth-order valence-corrected chi connectivity index (χ4v) is 2.82. The molecule has 4 rings (SSSR count). The Morgan fingerprint density at radius 2 is 1.75 bits per heavy atom. The maximum Gasteiger partial charge on any atom is 0.269 e. The highest BCUT2D eigenvalue weighted by molar-refractivity contribution is 6.18. The summed E-state index contributed by atoms with van der Waals surface area (Å²) in [5.41, 5.74) is 2.21. The fourth-order valence-electron chi connectivity index (χ4n) is 2.82. The van der Waals surface area contributed by atoms with Crippen LogP contribution >= 0.6 is 0 Å². The number of nitrogens with zero attached hydrogens (tertiary/aromatic N) is 2. The molecule has 0 fully saturated rings. The molecule has 0 aliphatic rings. The standard InChI is InChI=1S/C18H11N3O3/c22-18(11-5-7-12(8-6-11)21(23)24)17-16-14(9-10-19-17)13-3-1-2-4-15(13)20-16/h1-10,20H. The molecule has 1 N–H and O–H groups in total. The van der Waals surface area contributed by atoms with Gasteiger partial charge in [0.25, 0.3) is 5.69 Å². The molecule has 0 radical (unpaired) electrons. The Balaban J connectivity index is 1.86. The van der Waals surface area contributed by atoms with Crippen molar-refractivity contribution in [1.82, 2.24) is 9.97 Å². The lowest BCUT2D eigenvalue weighted by Gasteiger charge is -2.02. The lowest BCUT2D eigenvalue weighted by molar-refractivity contribution is -0.384. The summed E-state index contributed by atoms with van der Waals surface area (Å²) >= 11 is 0. The number of nitrogens with one attached hydrogen (secondary N) is 1. The normalized spacial score (nSPS) is 11.0. The van der Waals surface area contributed by atoms with Gasteiger partial charge in [0.1, 0.15) is 5.69 Å². The molecular formula is C18H11N3O3. The Hall–Kier alpha value is -3.54. The van der Waals surface area contributed by atoms with Crippen LogP contribution in [0, 0.1) is 10.1 Å². The molecule has 24 heavy (non-hydrogen) atoms. The van der Waals surface area contributed by atoms with Crippen LogP contribution in [0.2, 0.25) is 0 Å².